The average molecular weight is 477 g/mol. The lowest BCUT2D eigenvalue weighted by Crippen LogP contribution is -2.30. The van der Waals surface area contributed by atoms with E-state index in [1.807, 2.05) is 37.3 Å². The number of pyridine rings is 1. The van der Waals surface area contributed by atoms with Gasteiger partial charge < -0.3 is 19.5 Å². The predicted octanol–water partition coefficient (Wildman–Crippen LogP) is 3.61. The van der Waals surface area contributed by atoms with Crippen molar-refractivity contribution in [1.29, 1.82) is 0 Å². The van der Waals surface area contributed by atoms with E-state index in [2.05, 4.69) is 10.3 Å². The fourth-order valence-electron chi connectivity index (χ4n) is 4.44. The van der Waals surface area contributed by atoms with Crippen molar-refractivity contribution in [2.45, 2.75) is 25.8 Å². The lowest BCUT2D eigenvalue weighted by atomic mass is 10.1. The van der Waals surface area contributed by atoms with Crippen molar-refractivity contribution < 1.29 is 14.2 Å². The SMILES string of the molecule is COc1ccc(-c2ccc(Nc3ncc4c(n3)n(C3CCOCC3)c(=O)n4C)c(C)n2)cc1OC. The summed E-state index contributed by atoms with van der Waals surface area (Å²) in [6, 6.07) is 9.63. The van der Waals surface area contributed by atoms with E-state index in [0.29, 0.717) is 41.8 Å². The first kappa shape index (κ1) is 22.9. The van der Waals surface area contributed by atoms with Gasteiger partial charge in [0.2, 0.25) is 5.95 Å². The molecule has 3 aromatic heterocycles. The molecule has 0 radical (unpaired) electrons. The Morgan fingerprint density at radius 1 is 1.06 bits per heavy atom. The van der Waals surface area contributed by atoms with Crippen LogP contribution in [0, 0.1) is 6.92 Å². The van der Waals surface area contributed by atoms with Gasteiger partial charge in [0.1, 0.15) is 5.52 Å². The topological polar surface area (TPSA) is 105 Å². The number of fused-ring (bicyclic) bond motifs is 1. The van der Waals surface area contributed by atoms with Crippen LogP contribution in [0.1, 0.15) is 24.6 Å². The maximum atomic E-state index is 12.9. The zero-order valence-electron chi connectivity index (χ0n) is 20.2. The Hall–Kier alpha value is -3.92. The Bertz CT molecular complexity index is 1440. The Morgan fingerprint density at radius 3 is 2.54 bits per heavy atom. The van der Waals surface area contributed by atoms with Crippen LogP contribution in [0.2, 0.25) is 0 Å². The van der Waals surface area contributed by atoms with Gasteiger partial charge in [0.25, 0.3) is 0 Å². The van der Waals surface area contributed by atoms with Crippen LogP contribution in [-0.2, 0) is 11.8 Å². The van der Waals surface area contributed by atoms with E-state index in [0.717, 1.165) is 35.5 Å². The third-order valence-corrected chi connectivity index (χ3v) is 6.40. The van der Waals surface area contributed by atoms with Gasteiger partial charge in [-0.05, 0) is 50.1 Å². The average Bonchev–Trinajstić information content (AvgIpc) is 3.14. The third kappa shape index (κ3) is 4.21. The summed E-state index contributed by atoms with van der Waals surface area (Å²) in [5, 5.41) is 3.26. The standard InChI is InChI=1S/C25H28N6O4/c1-15-18(6-7-19(27-15)16-5-8-21(33-3)22(13-16)34-4)28-24-26-14-20-23(29-24)31(25(32)30(20)2)17-9-11-35-12-10-17/h5-8,13-14,17H,9-12H2,1-4H3,(H,26,28,29). The van der Waals surface area contributed by atoms with E-state index in [9.17, 15) is 4.79 Å². The van der Waals surface area contributed by atoms with Gasteiger partial charge in [-0.15, -0.1) is 0 Å². The molecule has 1 aliphatic heterocycles. The van der Waals surface area contributed by atoms with Crippen LogP contribution in [0.25, 0.3) is 22.4 Å². The highest BCUT2D eigenvalue weighted by Crippen LogP contribution is 2.32. The number of imidazole rings is 1. The molecule has 1 N–H and O–H groups in total. The lowest BCUT2D eigenvalue weighted by molar-refractivity contribution is 0.0695. The second kappa shape index (κ2) is 9.38. The monoisotopic (exact) mass is 476 g/mol. The number of methoxy groups -OCH3 is 2. The van der Waals surface area contributed by atoms with Crippen LogP contribution in [0.4, 0.5) is 11.6 Å². The molecule has 0 aliphatic carbocycles. The minimum absolute atomic E-state index is 0.0619. The number of nitrogens with one attached hydrogen (secondary N) is 1. The van der Waals surface area contributed by atoms with Crippen LogP contribution in [0.3, 0.4) is 0 Å². The highest BCUT2D eigenvalue weighted by molar-refractivity contribution is 5.73. The van der Waals surface area contributed by atoms with Crippen LogP contribution in [0.15, 0.2) is 41.3 Å². The molecule has 4 aromatic rings. The second-order valence-corrected chi connectivity index (χ2v) is 8.48. The number of aryl methyl sites for hydroxylation is 2. The van der Waals surface area contributed by atoms with Crippen molar-refractivity contribution in [3.05, 3.63) is 52.7 Å². The van der Waals surface area contributed by atoms with Crippen LogP contribution in [-0.4, -0.2) is 51.5 Å². The van der Waals surface area contributed by atoms with Crippen molar-refractivity contribution in [2.75, 3.05) is 32.8 Å². The fourth-order valence-corrected chi connectivity index (χ4v) is 4.44. The number of ether oxygens (including phenoxy) is 3. The predicted molar refractivity (Wildman–Crippen MR) is 133 cm³/mol. The molecule has 0 spiro atoms. The first-order chi connectivity index (χ1) is 17.0. The fraction of sp³-hybridized carbons (Fsp3) is 0.360. The number of hydrogen-bond donors (Lipinski definition) is 1. The summed E-state index contributed by atoms with van der Waals surface area (Å²) in [5.41, 5.74) is 4.53. The number of anilines is 2. The van der Waals surface area contributed by atoms with Gasteiger partial charge in [-0.25, -0.2) is 9.78 Å². The number of rotatable bonds is 6. The Labute approximate surface area is 202 Å². The molecule has 0 unspecified atom stereocenters. The number of aromatic nitrogens is 5. The van der Waals surface area contributed by atoms with Gasteiger partial charge in [-0.1, -0.05) is 0 Å². The molecule has 0 atom stereocenters. The van der Waals surface area contributed by atoms with E-state index in [1.165, 1.54) is 0 Å². The maximum Gasteiger partial charge on any atom is 0.330 e. The summed E-state index contributed by atoms with van der Waals surface area (Å²) >= 11 is 0. The number of hydrogen-bond acceptors (Lipinski definition) is 8. The van der Waals surface area contributed by atoms with Crippen LogP contribution < -0.4 is 20.5 Å². The van der Waals surface area contributed by atoms with Gasteiger partial charge >= 0.3 is 5.69 Å². The third-order valence-electron chi connectivity index (χ3n) is 6.40. The summed E-state index contributed by atoms with van der Waals surface area (Å²) in [6.07, 6.45) is 3.25. The molecule has 10 heteroatoms. The summed E-state index contributed by atoms with van der Waals surface area (Å²) in [6.45, 7) is 3.20. The molecule has 5 rings (SSSR count). The van der Waals surface area contributed by atoms with E-state index >= 15 is 0 Å². The first-order valence-corrected chi connectivity index (χ1v) is 11.5. The van der Waals surface area contributed by atoms with Crippen LogP contribution in [0.5, 0.6) is 11.5 Å². The summed E-state index contributed by atoms with van der Waals surface area (Å²) in [4.78, 5) is 26.9. The van der Waals surface area contributed by atoms with Crippen molar-refractivity contribution in [3.63, 3.8) is 0 Å². The quantitative estimate of drug-likeness (QED) is 0.450. The van der Waals surface area contributed by atoms with Crippen molar-refractivity contribution in [3.8, 4) is 22.8 Å². The van der Waals surface area contributed by atoms with Gasteiger partial charge in [0.15, 0.2) is 17.1 Å². The molecule has 4 heterocycles. The largest absolute Gasteiger partial charge is 0.493 e. The Morgan fingerprint density at radius 2 is 1.83 bits per heavy atom. The van der Waals surface area contributed by atoms with Gasteiger partial charge in [0.05, 0.1) is 37.5 Å². The first-order valence-electron chi connectivity index (χ1n) is 11.5. The molecule has 0 amide bonds. The summed E-state index contributed by atoms with van der Waals surface area (Å²) in [5.74, 6) is 1.72. The molecule has 1 aromatic carbocycles. The highest BCUT2D eigenvalue weighted by atomic mass is 16.5. The molecular formula is C25H28N6O4. The van der Waals surface area contributed by atoms with Crippen molar-refractivity contribution in [2.24, 2.45) is 7.05 Å². The molecule has 0 bridgehead atoms. The molecule has 182 valence electrons. The van der Waals surface area contributed by atoms with E-state index < -0.39 is 0 Å². The smallest absolute Gasteiger partial charge is 0.330 e. The minimum atomic E-state index is -0.0875. The molecule has 1 aliphatic rings. The maximum absolute atomic E-state index is 12.9. The van der Waals surface area contributed by atoms with Crippen molar-refractivity contribution >= 4 is 22.8 Å². The molecule has 10 nitrogen and oxygen atoms in total. The molecular weight excluding hydrogens is 448 g/mol. The molecule has 35 heavy (non-hydrogen) atoms. The van der Waals surface area contributed by atoms with Gasteiger partial charge in [-0.2, -0.15) is 4.98 Å². The normalized spacial score (nSPS) is 14.3. The molecule has 1 fully saturated rings. The van der Waals surface area contributed by atoms with Gasteiger partial charge in [-0.3, -0.25) is 14.1 Å². The Balaban J connectivity index is 1.46. The zero-order chi connectivity index (χ0) is 24.5. The van der Waals surface area contributed by atoms with E-state index in [-0.39, 0.29) is 11.7 Å². The number of nitrogens with zero attached hydrogens (tertiary/aromatic N) is 5. The summed E-state index contributed by atoms with van der Waals surface area (Å²) in [7, 11) is 4.97. The molecule has 0 saturated carbocycles. The van der Waals surface area contributed by atoms with Gasteiger partial charge in [0, 0.05) is 31.9 Å². The minimum Gasteiger partial charge on any atom is -0.493 e. The molecule has 1 saturated heterocycles. The second-order valence-electron chi connectivity index (χ2n) is 8.48. The zero-order valence-corrected chi connectivity index (χ0v) is 20.2. The lowest BCUT2D eigenvalue weighted by Gasteiger charge is -2.22. The summed E-state index contributed by atoms with van der Waals surface area (Å²) < 4.78 is 19.6. The van der Waals surface area contributed by atoms with E-state index in [1.54, 1.807) is 36.6 Å². The van der Waals surface area contributed by atoms with Crippen molar-refractivity contribution in [1.82, 2.24) is 24.1 Å². The Kier molecular flexibility index (Phi) is 6.12. The van der Waals surface area contributed by atoms with E-state index in [4.69, 9.17) is 24.2 Å². The highest BCUT2D eigenvalue weighted by Gasteiger charge is 2.23. The number of benzene rings is 1. The van der Waals surface area contributed by atoms with Crippen LogP contribution >= 0.6 is 0 Å².